The fourth-order valence-electron chi connectivity index (χ4n) is 0.839. The number of benzene rings is 1. The van der Waals surface area contributed by atoms with Crippen molar-refractivity contribution in [3.63, 3.8) is 0 Å². The minimum absolute atomic E-state index is 0.198. The maximum Gasteiger partial charge on any atom is 0.194 e. The third-order valence-corrected chi connectivity index (χ3v) is 1.50. The van der Waals surface area contributed by atoms with Crippen LogP contribution in [0.4, 0.5) is 13.2 Å². The molecule has 0 atom stereocenters. The zero-order valence-electron chi connectivity index (χ0n) is 6.00. The number of hydrogen-bond donors (Lipinski definition) is 0. The Kier molecular flexibility index (Phi) is 2.17. The molecule has 0 aliphatic heterocycles. The monoisotopic (exact) mass is 160 g/mol. The first-order valence-corrected chi connectivity index (χ1v) is 3.29. The summed E-state index contributed by atoms with van der Waals surface area (Å²) in [6, 6.07) is 2.17. The van der Waals surface area contributed by atoms with Gasteiger partial charge in [0.15, 0.2) is 17.5 Å². The second-order valence-corrected chi connectivity index (χ2v) is 2.19. The lowest BCUT2D eigenvalue weighted by Crippen LogP contribution is -1.95. The standard InChI is InChI=1S/C8H7F3/c1-2-5-3-4-6(9)8(11)7(5)10/h3-4H,2H2,1H3. The van der Waals surface area contributed by atoms with E-state index in [2.05, 4.69) is 0 Å². The summed E-state index contributed by atoms with van der Waals surface area (Å²) in [6.45, 7) is 1.68. The van der Waals surface area contributed by atoms with E-state index < -0.39 is 17.5 Å². The Morgan fingerprint density at radius 1 is 1.09 bits per heavy atom. The zero-order valence-corrected chi connectivity index (χ0v) is 6.00. The highest BCUT2D eigenvalue weighted by molar-refractivity contribution is 5.19. The topological polar surface area (TPSA) is 0 Å². The Labute approximate surface area is 62.7 Å². The molecule has 0 amide bonds. The van der Waals surface area contributed by atoms with Crippen LogP contribution >= 0.6 is 0 Å². The third kappa shape index (κ3) is 1.37. The first-order valence-electron chi connectivity index (χ1n) is 3.29. The Balaban J connectivity index is 3.25. The van der Waals surface area contributed by atoms with E-state index in [1.54, 1.807) is 6.92 Å². The van der Waals surface area contributed by atoms with Gasteiger partial charge >= 0.3 is 0 Å². The summed E-state index contributed by atoms with van der Waals surface area (Å²) in [6.07, 6.45) is 0.364. The molecule has 1 aromatic carbocycles. The van der Waals surface area contributed by atoms with E-state index in [0.29, 0.717) is 6.42 Å². The summed E-state index contributed by atoms with van der Waals surface area (Å²) in [5, 5.41) is 0. The molecule has 0 nitrogen and oxygen atoms in total. The SMILES string of the molecule is CCc1ccc(F)c(F)c1F. The van der Waals surface area contributed by atoms with Crippen molar-refractivity contribution in [2.75, 3.05) is 0 Å². The first kappa shape index (κ1) is 8.11. The van der Waals surface area contributed by atoms with Crippen LogP contribution in [0.1, 0.15) is 12.5 Å². The molecule has 0 N–H and O–H groups in total. The van der Waals surface area contributed by atoms with Gasteiger partial charge in [-0.1, -0.05) is 13.0 Å². The zero-order chi connectivity index (χ0) is 8.43. The van der Waals surface area contributed by atoms with Crippen molar-refractivity contribution in [2.24, 2.45) is 0 Å². The molecular weight excluding hydrogens is 153 g/mol. The number of rotatable bonds is 1. The van der Waals surface area contributed by atoms with E-state index in [1.165, 1.54) is 6.07 Å². The van der Waals surface area contributed by atoms with E-state index in [4.69, 9.17) is 0 Å². The maximum absolute atomic E-state index is 12.6. The average molecular weight is 160 g/mol. The van der Waals surface area contributed by atoms with Crippen LogP contribution in [-0.2, 0) is 6.42 Å². The lowest BCUT2D eigenvalue weighted by atomic mass is 10.1. The molecule has 11 heavy (non-hydrogen) atoms. The molecule has 1 aromatic rings. The quantitative estimate of drug-likeness (QED) is 0.554. The van der Waals surface area contributed by atoms with Crippen molar-refractivity contribution in [3.8, 4) is 0 Å². The van der Waals surface area contributed by atoms with Gasteiger partial charge in [0.05, 0.1) is 0 Å². The highest BCUT2D eigenvalue weighted by atomic mass is 19.2. The molecule has 0 aliphatic rings. The van der Waals surface area contributed by atoms with Crippen molar-refractivity contribution in [1.29, 1.82) is 0 Å². The van der Waals surface area contributed by atoms with Gasteiger partial charge in [0, 0.05) is 0 Å². The van der Waals surface area contributed by atoms with Gasteiger partial charge in [-0.15, -0.1) is 0 Å². The summed E-state index contributed by atoms with van der Waals surface area (Å²) in [7, 11) is 0. The number of aryl methyl sites for hydroxylation is 1. The average Bonchev–Trinajstić information content (AvgIpc) is 2.01. The van der Waals surface area contributed by atoms with Gasteiger partial charge in [0.2, 0.25) is 0 Å². The summed E-state index contributed by atoms with van der Waals surface area (Å²) < 4.78 is 37.4. The van der Waals surface area contributed by atoms with Gasteiger partial charge in [0.25, 0.3) is 0 Å². The van der Waals surface area contributed by atoms with Gasteiger partial charge < -0.3 is 0 Å². The maximum atomic E-state index is 12.6. The van der Waals surface area contributed by atoms with E-state index >= 15 is 0 Å². The lowest BCUT2D eigenvalue weighted by Gasteiger charge is -1.99. The van der Waals surface area contributed by atoms with Crippen LogP contribution in [0.15, 0.2) is 12.1 Å². The van der Waals surface area contributed by atoms with Gasteiger partial charge in [-0.05, 0) is 18.1 Å². The largest absolute Gasteiger partial charge is 0.204 e. The third-order valence-electron chi connectivity index (χ3n) is 1.50. The molecule has 0 fully saturated rings. The summed E-state index contributed by atoms with van der Waals surface area (Å²) in [4.78, 5) is 0. The summed E-state index contributed by atoms with van der Waals surface area (Å²) in [5.74, 6) is -3.60. The Hall–Kier alpha value is -0.990. The molecular formula is C8H7F3. The smallest absolute Gasteiger partial charge is 0.194 e. The van der Waals surface area contributed by atoms with E-state index in [0.717, 1.165) is 6.07 Å². The van der Waals surface area contributed by atoms with Crippen molar-refractivity contribution in [2.45, 2.75) is 13.3 Å². The second kappa shape index (κ2) is 2.95. The van der Waals surface area contributed by atoms with Gasteiger partial charge in [-0.2, -0.15) is 0 Å². The lowest BCUT2D eigenvalue weighted by molar-refractivity contribution is 0.441. The van der Waals surface area contributed by atoms with Crippen LogP contribution in [0.2, 0.25) is 0 Å². The van der Waals surface area contributed by atoms with Crippen LogP contribution in [-0.4, -0.2) is 0 Å². The van der Waals surface area contributed by atoms with Crippen molar-refractivity contribution in [1.82, 2.24) is 0 Å². The highest BCUT2D eigenvalue weighted by Crippen LogP contribution is 2.14. The van der Waals surface area contributed by atoms with Crippen molar-refractivity contribution >= 4 is 0 Å². The van der Waals surface area contributed by atoms with Crippen LogP contribution in [0.3, 0.4) is 0 Å². The molecule has 0 heterocycles. The minimum Gasteiger partial charge on any atom is -0.204 e. The molecule has 1 rings (SSSR count). The van der Waals surface area contributed by atoms with E-state index in [1.807, 2.05) is 0 Å². The predicted molar refractivity (Wildman–Crippen MR) is 35.7 cm³/mol. The Morgan fingerprint density at radius 2 is 1.73 bits per heavy atom. The Bertz CT molecular complexity index is 268. The predicted octanol–water partition coefficient (Wildman–Crippen LogP) is 2.67. The molecule has 0 aliphatic carbocycles. The summed E-state index contributed by atoms with van der Waals surface area (Å²) in [5.41, 5.74) is 0.198. The fourth-order valence-corrected chi connectivity index (χ4v) is 0.839. The van der Waals surface area contributed by atoms with Gasteiger partial charge in [-0.3, -0.25) is 0 Å². The van der Waals surface area contributed by atoms with Crippen LogP contribution in [0, 0.1) is 17.5 Å². The molecule has 60 valence electrons. The second-order valence-electron chi connectivity index (χ2n) is 2.19. The van der Waals surface area contributed by atoms with Crippen molar-refractivity contribution in [3.05, 3.63) is 35.1 Å². The number of halogens is 3. The summed E-state index contributed by atoms with van der Waals surface area (Å²) >= 11 is 0. The van der Waals surface area contributed by atoms with Crippen LogP contribution in [0.5, 0.6) is 0 Å². The fraction of sp³-hybridized carbons (Fsp3) is 0.250. The molecule has 0 bridgehead atoms. The highest BCUT2D eigenvalue weighted by Gasteiger charge is 2.10. The molecule has 0 spiro atoms. The Morgan fingerprint density at radius 3 is 2.27 bits per heavy atom. The molecule has 0 saturated heterocycles. The van der Waals surface area contributed by atoms with Gasteiger partial charge in [-0.25, -0.2) is 13.2 Å². The molecule has 3 heteroatoms. The molecule has 0 unspecified atom stereocenters. The normalized spacial score (nSPS) is 10.2. The molecule has 0 aromatic heterocycles. The van der Waals surface area contributed by atoms with Crippen LogP contribution in [0.25, 0.3) is 0 Å². The number of hydrogen-bond acceptors (Lipinski definition) is 0. The first-order chi connectivity index (χ1) is 5.16. The van der Waals surface area contributed by atoms with E-state index in [9.17, 15) is 13.2 Å². The van der Waals surface area contributed by atoms with Crippen LogP contribution < -0.4 is 0 Å². The minimum atomic E-state index is -1.38. The van der Waals surface area contributed by atoms with Crippen molar-refractivity contribution < 1.29 is 13.2 Å². The van der Waals surface area contributed by atoms with E-state index in [-0.39, 0.29) is 5.56 Å². The molecule has 0 radical (unpaired) electrons. The molecule has 0 saturated carbocycles. The van der Waals surface area contributed by atoms with Gasteiger partial charge in [0.1, 0.15) is 0 Å².